The summed E-state index contributed by atoms with van der Waals surface area (Å²) in [6.45, 7) is 0. The van der Waals surface area contributed by atoms with Crippen LogP contribution in [0.25, 0.3) is 0 Å². The largest absolute Gasteiger partial charge is 0.432 e. The molecule has 0 saturated carbocycles. The van der Waals surface area contributed by atoms with Gasteiger partial charge < -0.3 is 15.7 Å². The Kier molecular flexibility index (Phi) is 3.93. The molecule has 8 nitrogen and oxygen atoms in total. The van der Waals surface area contributed by atoms with Crippen LogP contribution in [0.5, 0.6) is 11.6 Å². The molecule has 9 heteroatoms. The van der Waals surface area contributed by atoms with Crippen molar-refractivity contribution in [1.82, 2.24) is 4.98 Å². The van der Waals surface area contributed by atoms with Crippen LogP contribution in [0.3, 0.4) is 0 Å². The maximum atomic E-state index is 13.1. The molecule has 1 aromatic heterocycles. The molecule has 0 saturated heterocycles. The smallest absolute Gasteiger partial charge is 0.311 e. The molecule has 0 aliphatic carbocycles. The Balaban J connectivity index is 2.30. The van der Waals surface area contributed by atoms with Crippen molar-refractivity contribution >= 4 is 11.5 Å². The quantitative estimate of drug-likeness (QED) is 0.292. The van der Waals surface area contributed by atoms with Gasteiger partial charge >= 0.3 is 5.69 Å². The van der Waals surface area contributed by atoms with E-state index in [0.29, 0.717) is 5.56 Å². The molecule has 0 atom stereocenters. The number of nitrogens with zero attached hydrogens (tertiary/aromatic N) is 3. The zero-order valence-electron chi connectivity index (χ0n) is 10.4. The molecule has 2 rings (SSSR count). The van der Waals surface area contributed by atoms with Crippen molar-refractivity contribution in [3.05, 3.63) is 58.0 Å². The molecule has 1 aromatic carbocycles. The van der Waals surface area contributed by atoms with Crippen molar-refractivity contribution in [1.29, 1.82) is 0 Å². The number of halogens is 1. The van der Waals surface area contributed by atoms with Crippen LogP contribution in [0, 0.1) is 15.9 Å². The van der Waals surface area contributed by atoms with Gasteiger partial charge in [0.25, 0.3) is 0 Å². The Morgan fingerprint density at radius 2 is 2.19 bits per heavy atom. The van der Waals surface area contributed by atoms with E-state index in [9.17, 15) is 14.5 Å². The SMILES string of the molecule is N/C(=N\O)c1ccc(Oc2cc(F)ccc2[N+](=O)[O-])nc1. The molecule has 0 amide bonds. The number of hydrogen-bond acceptors (Lipinski definition) is 6. The number of benzene rings is 1. The Labute approximate surface area is 117 Å². The van der Waals surface area contributed by atoms with Gasteiger partial charge in [0.2, 0.25) is 11.6 Å². The van der Waals surface area contributed by atoms with Crippen LogP contribution in [0.2, 0.25) is 0 Å². The first kappa shape index (κ1) is 14.2. The Bertz CT molecular complexity index is 703. The summed E-state index contributed by atoms with van der Waals surface area (Å²) >= 11 is 0. The number of nitrogens with two attached hydrogens (primary N) is 1. The summed E-state index contributed by atoms with van der Waals surface area (Å²) in [5.41, 5.74) is 5.30. The van der Waals surface area contributed by atoms with Crippen molar-refractivity contribution in [2.75, 3.05) is 0 Å². The molecule has 2 aromatic rings. The lowest BCUT2D eigenvalue weighted by molar-refractivity contribution is -0.385. The van der Waals surface area contributed by atoms with Crippen molar-refractivity contribution in [2.45, 2.75) is 0 Å². The number of rotatable bonds is 4. The average molecular weight is 292 g/mol. The maximum Gasteiger partial charge on any atom is 0.311 e. The van der Waals surface area contributed by atoms with Gasteiger partial charge in [0.05, 0.1) is 4.92 Å². The van der Waals surface area contributed by atoms with Gasteiger partial charge in [0, 0.05) is 30.0 Å². The molecule has 108 valence electrons. The number of amidine groups is 1. The second kappa shape index (κ2) is 5.82. The fraction of sp³-hybridized carbons (Fsp3) is 0. The number of hydrogen-bond donors (Lipinski definition) is 2. The summed E-state index contributed by atoms with van der Waals surface area (Å²) in [5.74, 6) is -1.10. The highest BCUT2D eigenvalue weighted by Gasteiger charge is 2.17. The van der Waals surface area contributed by atoms with E-state index in [-0.39, 0.29) is 17.5 Å². The molecule has 0 bridgehead atoms. The second-order valence-corrected chi connectivity index (χ2v) is 3.84. The van der Waals surface area contributed by atoms with Gasteiger partial charge in [-0.3, -0.25) is 10.1 Å². The molecule has 1 heterocycles. The lowest BCUT2D eigenvalue weighted by Gasteiger charge is -2.06. The molecule has 0 fully saturated rings. The van der Waals surface area contributed by atoms with E-state index >= 15 is 0 Å². The minimum atomic E-state index is -0.695. The van der Waals surface area contributed by atoms with Crippen LogP contribution in [-0.4, -0.2) is 21.0 Å². The van der Waals surface area contributed by atoms with Crippen LogP contribution in [-0.2, 0) is 0 Å². The normalized spacial score (nSPS) is 11.2. The van der Waals surface area contributed by atoms with Gasteiger partial charge in [-0.15, -0.1) is 0 Å². The molecular formula is C12H9FN4O4. The predicted octanol–water partition coefficient (Wildman–Crippen LogP) is 2.02. The number of ether oxygens (including phenoxy) is 1. The third-order valence-corrected chi connectivity index (χ3v) is 2.47. The molecule has 0 aliphatic rings. The fourth-order valence-electron chi connectivity index (χ4n) is 1.48. The first-order chi connectivity index (χ1) is 10.0. The highest BCUT2D eigenvalue weighted by Crippen LogP contribution is 2.31. The summed E-state index contributed by atoms with van der Waals surface area (Å²) in [6.07, 6.45) is 1.25. The predicted molar refractivity (Wildman–Crippen MR) is 69.9 cm³/mol. The van der Waals surface area contributed by atoms with E-state index in [0.717, 1.165) is 18.2 Å². The Hall–Kier alpha value is -3.23. The first-order valence-electron chi connectivity index (χ1n) is 5.57. The molecule has 21 heavy (non-hydrogen) atoms. The highest BCUT2D eigenvalue weighted by atomic mass is 19.1. The highest BCUT2D eigenvalue weighted by molar-refractivity contribution is 5.96. The zero-order chi connectivity index (χ0) is 15.4. The van der Waals surface area contributed by atoms with E-state index in [4.69, 9.17) is 15.7 Å². The number of aromatic nitrogens is 1. The molecule has 0 unspecified atom stereocenters. The summed E-state index contributed by atoms with van der Waals surface area (Å²) in [6, 6.07) is 5.62. The number of pyridine rings is 1. The number of nitro groups is 1. The van der Waals surface area contributed by atoms with E-state index in [1.807, 2.05) is 0 Å². The van der Waals surface area contributed by atoms with Crippen LogP contribution in [0.1, 0.15) is 5.56 Å². The lowest BCUT2D eigenvalue weighted by atomic mass is 10.2. The molecule has 0 aliphatic heterocycles. The van der Waals surface area contributed by atoms with Gasteiger partial charge in [-0.25, -0.2) is 9.37 Å². The average Bonchev–Trinajstić information content (AvgIpc) is 2.47. The van der Waals surface area contributed by atoms with Crippen LogP contribution in [0.4, 0.5) is 10.1 Å². The number of nitro benzene ring substituents is 1. The van der Waals surface area contributed by atoms with Gasteiger partial charge in [-0.2, -0.15) is 0 Å². The molecule has 3 N–H and O–H groups in total. The minimum absolute atomic E-state index is 0.00168. The molecule has 0 radical (unpaired) electrons. The van der Waals surface area contributed by atoms with Crippen molar-refractivity contribution < 1.29 is 19.3 Å². The molecule has 0 spiro atoms. The van der Waals surface area contributed by atoms with Gasteiger partial charge in [0.1, 0.15) is 5.82 Å². The van der Waals surface area contributed by atoms with E-state index in [1.54, 1.807) is 0 Å². The third kappa shape index (κ3) is 3.21. The van der Waals surface area contributed by atoms with Gasteiger partial charge in [-0.05, 0) is 12.1 Å². The Morgan fingerprint density at radius 1 is 1.43 bits per heavy atom. The summed E-state index contributed by atoms with van der Waals surface area (Å²) in [4.78, 5) is 14.0. The second-order valence-electron chi connectivity index (χ2n) is 3.84. The van der Waals surface area contributed by atoms with Crippen molar-refractivity contribution in [3.63, 3.8) is 0 Å². The Morgan fingerprint density at radius 3 is 2.76 bits per heavy atom. The van der Waals surface area contributed by atoms with Gasteiger partial charge in [-0.1, -0.05) is 5.16 Å². The fourth-order valence-corrected chi connectivity index (χ4v) is 1.48. The van der Waals surface area contributed by atoms with E-state index in [2.05, 4.69) is 10.1 Å². The topological polar surface area (TPSA) is 124 Å². The number of oxime groups is 1. The summed E-state index contributed by atoms with van der Waals surface area (Å²) in [7, 11) is 0. The summed E-state index contributed by atoms with van der Waals surface area (Å²) in [5, 5.41) is 22.1. The monoisotopic (exact) mass is 292 g/mol. The van der Waals surface area contributed by atoms with E-state index in [1.165, 1.54) is 18.3 Å². The van der Waals surface area contributed by atoms with Gasteiger partial charge in [0.15, 0.2) is 5.84 Å². The van der Waals surface area contributed by atoms with Crippen LogP contribution < -0.4 is 10.5 Å². The first-order valence-corrected chi connectivity index (χ1v) is 5.57. The van der Waals surface area contributed by atoms with Crippen molar-refractivity contribution in [3.8, 4) is 11.6 Å². The standard InChI is InChI=1S/C12H9FN4O4/c13-8-2-3-9(17(19)20)10(5-8)21-11-4-1-7(6-15-11)12(14)16-18/h1-6,18H,(H2,14,16). The molecular weight excluding hydrogens is 283 g/mol. The van der Waals surface area contributed by atoms with Crippen molar-refractivity contribution in [2.24, 2.45) is 10.9 Å². The minimum Gasteiger partial charge on any atom is -0.432 e. The van der Waals surface area contributed by atoms with E-state index < -0.39 is 16.4 Å². The maximum absolute atomic E-state index is 13.1. The van der Waals surface area contributed by atoms with Crippen LogP contribution >= 0.6 is 0 Å². The summed E-state index contributed by atoms with van der Waals surface area (Å²) < 4.78 is 18.3. The van der Waals surface area contributed by atoms with Crippen LogP contribution in [0.15, 0.2) is 41.7 Å². The third-order valence-electron chi connectivity index (χ3n) is 2.47. The zero-order valence-corrected chi connectivity index (χ0v) is 10.4. The lowest BCUT2D eigenvalue weighted by Crippen LogP contribution is -2.13.